The van der Waals surface area contributed by atoms with Gasteiger partial charge in [-0.1, -0.05) is 12.1 Å². The summed E-state index contributed by atoms with van der Waals surface area (Å²) in [4.78, 5) is 7.69. The number of nitrogens with zero attached hydrogens (tertiary/aromatic N) is 2. The molecule has 0 aliphatic carbocycles. The molecule has 0 bridgehead atoms. The van der Waals surface area contributed by atoms with Crippen LogP contribution in [0.1, 0.15) is 17.0 Å². The molecule has 1 N–H and O–H groups in total. The standard InChI is InChI=1S/C25H19FIN3O3/c1-31-19-6-7-21-22(12-19)30-25(29-21)17(13-28)8-16-10-20(27)24(23(11-16)32-2)33-14-15-4-3-5-18(26)9-15/h3-12H,14H2,1-2H3,(H,29,30)/b17-8-. The molecule has 0 amide bonds. The Balaban J connectivity index is 1.64. The Labute approximate surface area is 203 Å². The smallest absolute Gasteiger partial charge is 0.174 e. The first-order chi connectivity index (χ1) is 16.0. The molecular weight excluding hydrogens is 536 g/mol. The number of nitriles is 1. The van der Waals surface area contributed by atoms with Crippen LogP contribution < -0.4 is 14.2 Å². The first-order valence-corrected chi connectivity index (χ1v) is 11.0. The molecule has 0 spiro atoms. The molecule has 6 nitrogen and oxygen atoms in total. The van der Waals surface area contributed by atoms with E-state index in [0.29, 0.717) is 34.2 Å². The molecule has 3 aromatic carbocycles. The van der Waals surface area contributed by atoms with Gasteiger partial charge in [0.25, 0.3) is 0 Å². The van der Waals surface area contributed by atoms with Crippen LogP contribution >= 0.6 is 22.6 Å². The molecule has 1 heterocycles. The number of hydrogen-bond donors (Lipinski definition) is 1. The summed E-state index contributed by atoms with van der Waals surface area (Å²) in [5, 5.41) is 9.76. The first kappa shape index (κ1) is 22.6. The van der Waals surface area contributed by atoms with Crippen LogP contribution in [0.25, 0.3) is 22.7 Å². The third-order valence-electron chi connectivity index (χ3n) is 4.90. The number of ether oxygens (including phenoxy) is 3. The van der Waals surface area contributed by atoms with Crippen molar-refractivity contribution >= 4 is 45.3 Å². The highest BCUT2D eigenvalue weighted by atomic mass is 127. The van der Waals surface area contributed by atoms with E-state index in [1.54, 1.807) is 38.5 Å². The molecule has 0 fully saturated rings. The minimum absolute atomic E-state index is 0.200. The summed E-state index contributed by atoms with van der Waals surface area (Å²) in [5.41, 5.74) is 3.35. The van der Waals surface area contributed by atoms with E-state index in [1.807, 2.05) is 24.3 Å². The van der Waals surface area contributed by atoms with Gasteiger partial charge in [0.1, 0.15) is 30.1 Å². The summed E-state index contributed by atoms with van der Waals surface area (Å²) in [6.07, 6.45) is 1.73. The topological polar surface area (TPSA) is 80.2 Å². The molecule has 0 aliphatic rings. The fourth-order valence-electron chi connectivity index (χ4n) is 3.31. The molecule has 4 rings (SSSR count). The number of fused-ring (bicyclic) bond motifs is 1. The van der Waals surface area contributed by atoms with Crippen molar-refractivity contribution < 1.29 is 18.6 Å². The van der Waals surface area contributed by atoms with E-state index < -0.39 is 0 Å². The van der Waals surface area contributed by atoms with Crippen LogP contribution in [0.2, 0.25) is 0 Å². The molecule has 166 valence electrons. The van der Waals surface area contributed by atoms with E-state index >= 15 is 0 Å². The highest BCUT2D eigenvalue weighted by Gasteiger charge is 2.14. The SMILES string of the molecule is COc1ccc2nc(/C(C#N)=C\c3cc(I)c(OCc4cccc(F)c4)c(OC)c3)[nH]c2c1. The van der Waals surface area contributed by atoms with E-state index in [-0.39, 0.29) is 12.4 Å². The maximum atomic E-state index is 13.4. The van der Waals surface area contributed by atoms with E-state index in [1.165, 1.54) is 12.1 Å². The van der Waals surface area contributed by atoms with Gasteiger partial charge in [-0.15, -0.1) is 0 Å². The number of halogens is 2. The summed E-state index contributed by atoms with van der Waals surface area (Å²) in [6, 6.07) is 17.6. The van der Waals surface area contributed by atoms with Gasteiger partial charge < -0.3 is 19.2 Å². The van der Waals surface area contributed by atoms with Crippen molar-refractivity contribution in [3.8, 4) is 23.3 Å². The number of imidazole rings is 1. The summed E-state index contributed by atoms with van der Waals surface area (Å²) in [7, 11) is 3.14. The van der Waals surface area contributed by atoms with Crippen molar-refractivity contribution in [3.63, 3.8) is 0 Å². The van der Waals surface area contributed by atoms with E-state index in [2.05, 4.69) is 38.6 Å². The molecule has 4 aromatic rings. The van der Waals surface area contributed by atoms with E-state index in [9.17, 15) is 9.65 Å². The molecular formula is C25H19FIN3O3. The Kier molecular flexibility index (Phi) is 6.79. The summed E-state index contributed by atoms with van der Waals surface area (Å²) < 4.78 is 30.9. The van der Waals surface area contributed by atoms with Crippen LogP contribution in [0.4, 0.5) is 4.39 Å². The second-order valence-corrected chi connectivity index (χ2v) is 8.25. The number of H-pyrrole nitrogens is 1. The van der Waals surface area contributed by atoms with Crippen molar-refractivity contribution in [2.24, 2.45) is 0 Å². The Morgan fingerprint density at radius 2 is 2.00 bits per heavy atom. The largest absolute Gasteiger partial charge is 0.497 e. The van der Waals surface area contributed by atoms with Gasteiger partial charge in [-0.2, -0.15) is 5.26 Å². The van der Waals surface area contributed by atoms with Crippen LogP contribution in [0.15, 0.2) is 54.6 Å². The summed E-state index contributed by atoms with van der Waals surface area (Å²) >= 11 is 2.15. The van der Waals surface area contributed by atoms with Gasteiger partial charge in [0.15, 0.2) is 11.5 Å². The Hall–Kier alpha value is -3.58. The minimum Gasteiger partial charge on any atom is -0.497 e. The predicted molar refractivity (Wildman–Crippen MR) is 133 cm³/mol. The van der Waals surface area contributed by atoms with Crippen molar-refractivity contribution in [1.29, 1.82) is 5.26 Å². The fourth-order valence-corrected chi connectivity index (χ4v) is 4.09. The van der Waals surface area contributed by atoms with Crippen molar-refractivity contribution in [2.45, 2.75) is 6.61 Å². The third kappa shape index (κ3) is 5.09. The molecule has 0 radical (unpaired) electrons. The van der Waals surface area contributed by atoms with Gasteiger partial charge in [-0.25, -0.2) is 9.37 Å². The number of benzene rings is 3. The number of hydrogen-bond acceptors (Lipinski definition) is 5. The van der Waals surface area contributed by atoms with Gasteiger partial charge in [0.2, 0.25) is 0 Å². The second-order valence-electron chi connectivity index (χ2n) is 7.09. The normalized spacial score (nSPS) is 11.3. The zero-order valence-electron chi connectivity index (χ0n) is 17.9. The number of aromatic amines is 1. The first-order valence-electron chi connectivity index (χ1n) is 9.91. The van der Waals surface area contributed by atoms with Crippen LogP contribution in [-0.4, -0.2) is 24.2 Å². The highest BCUT2D eigenvalue weighted by Crippen LogP contribution is 2.35. The number of nitrogens with one attached hydrogen (secondary N) is 1. The van der Waals surface area contributed by atoms with Crippen LogP contribution in [-0.2, 0) is 6.61 Å². The average Bonchev–Trinajstić information content (AvgIpc) is 3.24. The van der Waals surface area contributed by atoms with Gasteiger partial charge in [-0.05, 0) is 76.2 Å². The minimum atomic E-state index is -0.314. The summed E-state index contributed by atoms with van der Waals surface area (Å²) in [6.45, 7) is 0.200. The van der Waals surface area contributed by atoms with E-state index in [0.717, 1.165) is 20.2 Å². The molecule has 0 saturated carbocycles. The molecule has 0 atom stereocenters. The molecule has 1 aromatic heterocycles. The fraction of sp³-hybridized carbons (Fsp3) is 0.120. The van der Waals surface area contributed by atoms with Crippen molar-refractivity contribution in [3.05, 3.63) is 80.9 Å². The number of rotatable bonds is 7. The zero-order chi connectivity index (χ0) is 23.4. The van der Waals surface area contributed by atoms with Gasteiger partial charge >= 0.3 is 0 Å². The van der Waals surface area contributed by atoms with Crippen LogP contribution in [0.5, 0.6) is 17.2 Å². The van der Waals surface area contributed by atoms with Crippen LogP contribution in [0.3, 0.4) is 0 Å². The maximum Gasteiger partial charge on any atom is 0.174 e. The third-order valence-corrected chi connectivity index (χ3v) is 5.70. The van der Waals surface area contributed by atoms with Crippen molar-refractivity contribution in [2.75, 3.05) is 14.2 Å². The van der Waals surface area contributed by atoms with Gasteiger partial charge in [0, 0.05) is 6.07 Å². The maximum absolute atomic E-state index is 13.4. The molecule has 0 unspecified atom stereocenters. The molecule has 0 aliphatic heterocycles. The van der Waals surface area contributed by atoms with Crippen molar-refractivity contribution in [1.82, 2.24) is 9.97 Å². The number of allylic oxidation sites excluding steroid dienone is 1. The Morgan fingerprint density at radius 3 is 2.73 bits per heavy atom. The quantitative estimate of drug-likeness (QED) is 0.225. The lowest BCUT2D eigenvalue weighted by Gasteiger charge is -2.14. The van der Waals surface area contributed by atoms with E-state index in [4.69, 9.17) is 14.2 Å². The predicted octanol–water partition coefficient (Wildman–Crippen LogP) is 5.97. The zero-order valence-corrected chi connectivity index (χ0v) is 20.0. The molecule has 0 saturated heterocycles. The lowest BCUT2D eigenvalue weighted by molar-refractivity contribution is 0.282. The molecule has 33 heavy (non-hydrogen) atoms. The molecule has 8 heteroatoms. The average molecular weight is 555 g/mol. The summed E-state index contributed by atoms with van der Waals surface area (Å²) in [5.74, 6) is 1.91. The van der Waals surface area contributed by atoms with Gasteiger partial charge in [0.05, 0.1) is 34.4 Å². The number of methoxy groups -OCH3 is 2. The van der Waals surface area contributed by atoms with Crippen LogP contribution in [0, 0.1) is 20.7 Å². The Morgan fingerprint density at radius 1 is 1.15 bits per heavy atom. The monoisotopic (exact) mass is 555 g/mol. The second kappa shape index (κ2) is 9.92. The highest BCUT2D eigenvalue weighted by molar-refractivity contribution is 14.1. The Bertz CT molecular complexity index is 1390. The lowest BCUT2D eigenvalue weighted by atomic mass is 10.1. The number of aromatic nitrogens is 2. The lowest BCUT2D eigenvalue weighted by Crippen LogP contribution is -2.00. The van der Waals surface area contributed by atoms with Gasteiger partial charge in [-0.3, -0.25) is 0 Å².